The number of nitrogens with zero attached hydrogens (tertiary/aromatic N) is 3. The van der Waals surface area contributed by atoms with Crippen molar-refractivity contribution in [3.8, 4) is 0 Å². The molecule has 0 bridgehead atoms. The molecule has 2 aromatic carbocycles. The van der Waals surface area contributed by atoms with Crippen molar-refractivity contribution in [3.63, 3.8) is 0 Å². The molecule has 0 spiro atoms. The molecule has 1 heterocycles. The number of hydrazone groups is 1. The van der Waals surface area contributed by atoms with Crippen molar-refractivity contribution in [3.05, 3.63) is 66.4 Å². The molecule has 0 aliphatic carbocycles. The van der Waals surface area contributed by atoms with Gasteiger partial charge >= 0.3 is 0 Å². The molecule has 21 heavy (non-hydrogen) atoms. The molecule has 104 valence electrons. The largest absolute Gasteiger partial charge is 0.260 e. The van der Waals surface area contributed by atoms with Crippen LogP contribution in [0.1, 0.15) is 12.0 Å². The maximum Gasteiger partial charge on any atom is 0.176 e. The number of aryl methyl sites for hydroxylation is 1. The topological polar surface area (TPSA) is 50.2 Å². The van der Waals surface area contributed by atoms with Crippen molar-refractivity contribution >= 4 is 22.8 Å². The fourth-order valence-electron chi connectivity index (χ4n) is 2.16. The first-order valence-electron chi connectivity index (χ1n) is 6.95. The van der Waals surface area contributed by atoms with E-state index in [4.69, 9.17) is 0 Å². The highest BCUT2D eigenvalue weighted by molar-refractivity contribution is 5.90. The second-order valence-electron chi connectivity index (χ2n) is 4.73. The van der Waals surface area contributed by atoms with Gasteiger partial charge in [-0.2, -0.15) is 10.2 Å². The van der Waals surface area contributed by atoms with E-state index < -0.39 is 0 Å². The van der Waals surface area contributed by atoms with Crippen LogP contribution in [-0.4, -0.2) is 16.4 Å². The van der Waals surface area contributed by atoms with E-state index in [9.17, 15) is 0 Å². The number of benzene rings is 2. The summed E-state index contributed by atoms with van der Waals surface area (Å²) in [4.78, 5) is 0. The molecule has 0 amide bonds. The quantitative estimate of drug-likeness (QED) is 0.571. The Morgan fingerprint density at radius 2 is 1.81 bits per heavy atom. The highest BCUT2D eigenvalue weighted by Gasteiger charge is 2.00. The molecule has 4 heteroatoms. The summed E-state index contributed by atoms with van der Waals surface area (Å²) in [5, 5.41) is 14.4. The van der Waals surface area contributed by atoms with Gasteiger partial charge < -0.3 is 0 Å². The van der Waals surface area contributed by atoms with Crippen LogP contribution >= 0.6 is 0 Å². The Morgan fingerprint density at radius 3 is 2.71 bits per heavy atom. The van der Waals surface area contributed by atoms with Crippen molar-refractivity contribution in [2.24, 2.45) is 5.10 Å². The molecule has 0 unspecified atom stereocenters. The first-order chi connectivity index (χ1) is 10.4. The summed E-state index contributed by atoms with van der Waals surface area (Å²) in [5.74, 6) is 0.684. The molecule has 1 aromatic heterocycles. The molecule has 1 N–H and O–H groups in total. The van der Waals surface area contributed by atoms with E-state index in [2.05, 4.69) is 45.0 Å². The summed E-state index contributed by atoms with van der Waals surface area (Å²) >= 11 is 0. The first kappa shape index (κ1) is 13.2. The van der Waals surface area contributed by atoms with Crippen LogP contribution in [0.4, 0.5) is 5.82 Å². The van der Waals surface area contributed by atoms with Crippen molar-refractivity contribution < 1.29 is 0 Å². The summed E-state index contributed by atoms with van der Waals surface area (Å²) in [6.45, 7) is 0. The van der Waals surface area contributed by atoms with Gasteiger partial charge in [-0.25, -0.2) is 0 Å². The Balaban J connectivity index is 1.60. The number of hydrogen-bond acceptors (Lipinski definition) is 4. The van der Waals surface area contributed by atoms with Crippen LogP contribution in [0.15, 0.2) is 65.9 Å². The van der Waals surface area contributed by atoms with Gasteiger partial charge in [0.15, 0.2) is 5.82 Å². The van der Waals surface area contributed by atoms with Crippen LogP contribution in [0.5, 0.6) is 0 Å². The molecule has 0 saturated heterocycles. The number of rotatable bonds is 5. The lowest BCUT2D eigenvalue weighted by molar-refractivity contribution is 1.03. The molecule has 0 saturated carbocycles. The van der Waals surface area contributed by atoms with Crippen LogP contribution in [-0.2, 0) is 6.42 Å². The Labute approximate surface area is 123 Å². The lowest BCUT2D eigenvalue weighted by Gasteiger charge is -2.02. The maximum atomic E-state index is 4.23. The number of anilines is 1. The second-order valence-corrected chi connectivity index (χ2v) is 4.73. The molecule has 0 aliphatic rings. The minimum absolute atomic E-state index is 0.684. The smallest absolute Gasteiger partial charge is 0.176 e. The van der Waals surface area contributed by atoms with Crippen molar-refractivity contribution in [2.75, 3.05) is 5.43 Å². The molecule has 0 aliphatic heterocycles. The molecule has 0 atom stereocenters. The zero-order valence-electron chi connectivity index (χ0n) is 11.6. The lowest BCUT2D eigenvalue weighted by Crippen LogP contribution is -1.96. The third-order valence-electron chi connectivity index (χ3n) is 3.24. The third-order valence-corrected chi connectivity index (χ3v) is 3.24. The van der Waals surface area contributed by atoms with Gasteiger partial charge in [0.25, 0.3) is 0 Å². The van der Waals surface area contributed by atoms with Crippen LogP contribution in [0.2, 0.25) is 0 Å². The fourth-order valence-corrected chi connectivity index (χ4v) is 2.16. The molecule has 4 nitrogen and oxygen atoms in total. The van der Waals surface area contributed by atoms with E-state index in [-0.39, 0.29) is 0 Å². The van der Waals surface area contributed by atoms with Gasteiger partial charge in [-0.05, 0) is 18.4 Å². The standard InChI is InChI=1S/C17H16N4/c1-2-7-14(8-3-1)9-6-12-18-20-17-16-11-5-4-10-15(16)13-19-21-17/h1-5,7-8,10-13H,6,9H2,(H,20,21)/b18-12-. The number of aromatic nitrogens is 2. The van der Waals surface area contributed by atoms with E-state index in [0.29, 0.717) is 5.82 Å². The Morgan fingerprint density at radius 1 is 1.00 bits per heavy atom. The van der Waals surface area contributed by atoms with Gasteiger partial charge in [0.2, 0.25) is 0 Å². The zero-order valence-corrected chi connectivity index (χ0v) is 11.6. The minimum atomic E-state index is 0.684. The molecular weight excluding hydrogens is 260 g/mol. The summed E-state index contributed by atoms with van der Waals surface area (Å²) in [5.41, 5.74) is 4.28. The lowest BCUT2D eigenvalue weighted by atomic mass is 10.1. The van der Waals surface area contributed by atoms with E-state index >= 15 is 0 Å². The fraction of sp³-hybridized carbons (Fsp3) is 0.118. The van der Waals surface area contributed by atoms with E-state index in [0.717, 1.165) is 23.6 Å². The van der Waals surface area contributed by atoms with Gasteiger partial charge in [0, 0.05) is 17.0 Å². The second kappa shape index (κ2) is 6.61. The van der Waals surface area contributed by atoms with Crippen molar-refractivity contribution in [1.82, 2.24) is 10.2 Å². The first-order valence-corrected chi connectivity index (χ1v) is 6.95. The SMILES string of the molecule is C(/CCc1ccccc1)=N/Nc1nncc2ccccc12. The summed E-state index contributed by atoms with van der Waals surface area (Å²) in [6.07, 6.45) is 5.48. The summed E-state index contributed by atoms with van der Waals surface area (Å²) in [7, 11) is 0. The van der Waals surface area contributed by atoms with E-state index in [1.54, 1.807) is 6.20 Å². The number of nitrogens with one attached hydrogen (secondary N) is 1. The van der Waals surface area contributed by atoms with E-state index in [1.807, 2.05) is 36.5 Å². The molecule has 3 aromatic rings. The molecule has 0 radical (unpaired) electrons. The van der Waals surface area contributed by atoms with Crippen LogP contribution in [0.3, 0.4) is 0 Å². The molecule has 0 fully saturated rings. The Bertz CT molecular complexity index is 733. The highest BCUT2D eigenvalue weighted by atomic mass is 15.3. The van der Waals surface area contributed by atoms with Gasteiger partial charge in [-0.1, -0.05) is 54.6 Å². The third kappa shape index (κ3) is 3.42. The van der Waals surface area contributed by atoms with Crippen LogP contribution in [0, 0.1) is 0 Å². The molecular formula is C17H16N4. The number of hydrogen-bond donors (Lipinski definition) is 1. The average molecular weight is 276 g/mol. The molecule has 3 rings (SSSR count). The number of fused-ring (bicyclic) bond motifs is 1. The average Bonchev–Trinajstić information content (AvgIpc) is 2.56. The van der Waals surface area contributed by atoms with Gasteiger partial charge in [-0.15, -0.1) is 5.10 Å². The van der Waals surface area contributed by atoms with Crippen LogP contribution in [0.25, 0.3) is 10.8 Å². The predicted octanol–water partition coefficient (Wildman–Crippen LogP) is 3.66. The summed E-state index contributed by atoms with van der Waals surface area (Å²) in [6, 6.07) is 18.4. The minimum Gasteiger partial charge on any atom is -0.260 e. The van der Waals surface area contributed by atoms with Crippen molar-refractivity contribution in [1.29, 1.82) is 0 Å². The van der Waals surface area contributed by atoms with Crippen molar-refractivity contribution in [2.45, 2.75) is 12.8 Å². The maximum absolute atomic E-state index is 4.23. The van der Waals surface area contributed by atoms with Gasteiger partial charge in [0.05, 0.1) is 6.20 Å². The highest BCUT2D eigenvalue weighted by Crippen LogP contribution is 2.18. The van der Waals surface area contributed by atoms with Gasteiger partial charge in [0.1, 0.15) is 0 Å². The monoisotopic (exact) mass is 276 g/mol. The Kier molecular flexibility index (Phi) is 4.17. The van der Waals surface area contributed by atoms with E-state index in [1.165, 1.54) is 5.56 Å². The zero-order chi connectivity index (χ0) is 14.3. The Hall–Kier alpha value is -2.75. The summed E-state index contributed by atoms with van der Waals surface area (Å²) < 4.78 is 0. The normalized spacial score (nSPS) is 11.0. The predicted molar refractivity (Wildman–Crippen MR) is 86.4 cm³/mol. The van der Waals surface area contributed by atoms with Crippen LogP contribution < -0.4 is 5.43 Å². The van der Waals surface area contributed by atoms with Gasteiger partial charge in [-0.3, -0.25) is 5.43 Å².